The predicted octanol–water partition coefficient (Wildman–Crippen LogP) is 7.43. The summed E-state index contributed by atoms with van der Waals surface area (Å²) in [7, 11) is 0. The van der Waals surface area contributed by atoms with Crippen LogP contribution in [-0.2, 0) is 43.6 Å². The largest absolute Gasteiger partial charge is 0.391 e. The summed E-state index contributed by atoms with van der Waals surface area (Å²) in [6.07, 6.45) is -0.877. The van der Waals surface area contributed by atoms with Crippen LogP contribution in [0.1, 0.15) is 96.3 Å². The maximum Gasteiger partial charge on any atom is 0.243 e. The van der Waals surface area contributed by atoms with Gasteiger partial charge in [0.15, 0.2) is 5.82 Å². The summed E-state index contributed by atoms with van der Waals surface area (Å²) < 4.78 is 15.7. The van der Waals surface area contributed by atoms with E-state index in [0.717, 1.165) is 53.3 Å². The van der Waals surface area contributed by atoms with Crippen LogP contribution in [0.15, 0.2) is 65.6 Å². The third kappa shape index (κ3) is 11.1. The van der Waals surface area contributed by atoms with Gasteiger partial charge in [0.05, 0.1) is 67.5 Å². The van der Waals surface area contributed by atoms with Crippen LogP contribution in [-0.4, -0.2) is 99.6 Å². The number of hydrogen-bond donors (Lipinski definition) is 3. The average molecular weight is 996 g/mol. The Labute approximate surface area is 412 Å². The molecule has 4 aromatic heterocycles. The molecular formula is C49H57N9O6S4. The molecule has 6 aromatic rings. The molecule has 2 saturated heterocycles. The molecule has 4 amide bonds. The van der Waals surface area contributed by atoms with Crippen LogP contribution in [0.5, 0.6) is 0 Å². The maximum atomic E-state index is 14.5. The first-order valence-electron chi connectivity index (χ1n) is 22.9. The van der Waals surface area contributed by atoms with Crippen LogP contribution < -0.4 is 10.6 Å². The van der Waals surface area contributed by atoms with E-state index in [1.807, 2.05) is 114 Å². The Morgan fingerprint density at radius 3 is 1.75 bits per heavy atom. The van der Waals surface area contributed by atoms with E-state index in [1.54, 1.807) is 27.6 Å². The van der Waals surface area contributed by atoms with Gasteiger partial charge in [-0.15, -0.1) is 22.7 Å². The minimum Gasteiger partial charge on any atom is -0.391 e. The zero-order chi connectivity index (χ0) is 48.2. The predicted molar refractivity (Wildman–Crippen MR) is 265 cm³/mol. The number of rotatable bonds is 17. The zero-order valence-corrected chi connectivity index (χ0v) is 42.4. The van der Waals surface area contributed by atoms with E-state index < -0.39 is 36.1 Å². The van der Waals surface area contributed by atoms with Gasteiger partial charge in [0.2, 0.25) is 23.6 Å². The summed E-state index contributed by atoms with van der Waals surface area (Å²) >= 11 is 5.64. The van der Waals surface area contributed by atoms with Gasteiger partial charge in [-0.2, -0.15) is 8.75 Å². The van der Waals surface area contributed by atoms with Gasteiger partial charge in [-0.3, -0.25) is 19.2 Å². The Morgan fingerprint density at radius 1 is 0.721 bits per heavy atom. The van der Waals surface area contributed by atoms with Crippen molar-refractivity contribution in [2.24, 2.45) is 11.8 Å². The van der Waals surface area contributed by atoms with E-state index in [2.05, 4.69) is 30.0 Å². The van der Waals surface area contributed by atoms with Crippen LogP contribution in [0.2, 0.25) is 0 Å². The zero-order valence-electron chi connectivity index (χ0n) is 39.2. The Morgan fingerprint density at radius 2 is 1.25 bits per heavy atom. The molecule has 3 N–H and O–H groups in total. The van der Waals surface area contributed by atoms with Crippen molar-refractivity contribution in [1.82, 2.24) is 44.1 Å². The lowest BCUT2D eigenvalue weighted by Gasteiger charge is -2.29. The smallest absolute Gasteiger partial charge is 0.243 e. The number of aliphatic hydroxyl groups excluding tert-OH is 1. The van der Waals surface area contributed by atoms with Crippen molar-refractivity contribution >= 4 is 69.4 Å². The van der Waals surface area contributed by atoms with E-state index in [0.29, 0.717) is 11.5 Å². The number of hydrogen-bond acceptors (Lipinski definition) is 15. The highest BCUT2D eigenvalue weighted by molar-refractivity contribution is 7.13. The van der Waals surface area contributed by atoms with Crippen LogP contribution in [0.25, 0.3) is 20.9 Å². The summed E-state index contributed by atoms with van der Waals surface area (Å²) in [6, 6.07) is 16.2. The Balaban J connectivity index is 0.915. The van der Waals surface area contributed by atoms with Crippen molar-refractivity contribution in [2.75, 3.05) is 13.1 Å². The third-order valence-electron chi connectivity index (χ3n) is 12.6. The lowest BCUT2D eigenvalue weighted by molar-refractivity contribution is -0.140. The van der Waals surface area contributed by atoms with Gasteiger partial charge in [0.1, 0.15) is 23.0 Å². The number of carbonyl (C=O) groups excluding carboxylic acids is 4. The number of benzene rings is 2. The standard InChI is InChI=1S/C49H57N9O6S4/c1-26(2)41(48(62)57-21-35(59)16-39(57)46(60)50-19-31-8-12-33(13-9-31)43-28(5)52-24-65-43)38-18-37(68-55-38)23-64-36-17-40(58(22-36)49(63)42(27(3)4)45-54-30(7)67-56-45)47(61)51-20-32-10-14-34(15-11-32)44-29(6)53-25-66-44/h8-15,18,24-27,35-36,39-42,59H,16-17,19-23H2,1-7H3,(H,50,60)(H,51,61)/t35-,36-,39+,40+,41-,42-/m1/s1. The molecule has 15 nitrogen and oxygen atoms in total. The van der Waals surface area contributed by atoms with Gasteiger partial charge < -0.3 is 30.3 Å². The summed E-state index contributed by atoms with van der Waals surface area (Å²) in [5, 5.41) is 17.6. The fraction of sp³-hybridized carbons (Fsp3) is 0.449. The van der Waals surface area contributed by atoms with Crippen molar-refractivity contribution < 1.29 is 29.0 Å². The maximum absolute atomic E-state index is 14.5. The SMILES string of the molecule is Cc1nc([C@H](C(=O)N2C[C@H](OCc3cc([C@H](C(=O)N4C[C@H](O)C[C@H]4C(=O)NCc4ccc(-c5scnc5C)cc4)C(C)C)ns3)C[C@H]2C(=O)NCc2ccc(-c3scnc3C)cc2)C(C)C)ns1. The van der Waals surface area contributed by atoms with Crippen molar-refractivity contribution in [3.63, 3.8) is 0 Å². The molecule has 2 aromatic carbocycles. The highest BCUT2D eigenvalue weighted by atomic mass is 32.1. The number of carbonyl (C=O) groups is 4. The van der Waals surface area contributed by atoms with Crippen molar-refractivity contribution in [1.29, 1.82) is 0 Å². The minimum atomic E-state index is -0.837. The topological polar surface area (TPSA) is 193 Å². The lowest BCUT2D eigenvalue weighted by Crippen LogP contribution is -2.48. The normalized spacial score (nSPS) is 19.2. The Bertz CT molecular complexity index is 2710. The van der Waals surface area contributed by atoms with Gasteiger partial charge in [-0.1, -0.05) is 76.2 Å². The van der Waals surface area contributed by atoms with Crippen molar-refractivity contribution in [2.45, 2.75) is 117 Å². The fourth-order valence-electron chi connectivity index (χ4n) is 9.03. The second-order valence-corrected chi connectivity index (χ2v) is 21.8. The average Bonchev–Trinajstić information content (AvgIpc) is 4.19. The molecule has 0 aliphatic carbocycles. The van der Waals surface area contributed by atoms with E-state index in [9.17, 15) is 24.3 Å². The summed E-state index contributed by atoms with van der Waals surface area (Å²) in [5.41, 5.74) is 10.1. The summed E-state index contributed by atoms with van der Waals surface area (Å²) in [4.78, 5) is 75.9. The quantitative estimate of drug-likeness (QED) is 0.0824. The number of amides is 4. The number of ether oxygens (including phenoxy) is 1. The molecule has 2 fully saturated rings. The third-order valence-corrected chi connectivity index (χ3v) is 16.0. The van der Waals surface area contributed by atoms with Crippen LogP contribution in [0, 0.1) is 32.6 Å². The molecule has 2 aliphatic rings. The second kappa shape index (κ2) is 21.5. The number of aromatic nitrogens is 5. The van der Waals surface area contributed by atoms with Gasteiger partial charge in [-0.05, 0) is 84.0 Å². The van der Waals surface area contributed by atoms with Crippen molar-refractivity contribution in [3.8, 4) is 20.9 Å². The van der Waals surface area contributed by atoms with Gasteiger partial charge >= 0.3 is 0 Å². The molecule has 0 unspecified atom stereocenters. The molecule has 0 bridgehead atoms. The molecule has 8 rings (SSSR count). The first-order valence-corrected chi connectivity index (χ1v) is 26.2. The molecule has 0 spiro atoms. The highest BCUT2D eigenvalue weighted by Crippen LogP contribution is 2.35. The molecule has 0 saturated carbocycles. The van der Waals surface area contributed by atoms with Crippen molar-refractivity contribution in [3.05, 3.63) is 110 Å². The van der Waals surface area contributed by atoms with E-state index >= 15 is 0 Å². The molecule has 358 valence electrons. The van der Waals surface area contributed by atoms with Crippen LogP contribution in [0.3, 0.4) is 0 Å². The number of thiazole rings is 2. The second-order valence-electron chi connectivity index (χ2n) is 18.3. The van der Waals surface area contributed by atoms with E-state index in [1.165, 1.54) is 28.0 Å². The van der Waals surface area contributed by atoms with E-state index in [4.69, 9.17) is 9.11 Å². The monoisotopic (exact) mass is 995 g/mol. The van der Waals surface area contributed by atoms with Gasteiger partial charge in [-0.25, -0.2) is 15.0 Å². The Hall–Kier alpha value is -5.31. The number of β-amino-alcohol motifs (C(OH)–C–C–N with tert-alkyl or cyclic N) is 1. The number of aryl methyl sites for hydroxylation is 3. The number of likely N-dealkylation sites (tertiary alicyclic amines) is 2. The molecule has 19 heteroatoms. The molecule has 0 radical (unpaired) electrons. The van der Waals surface area contributed by atoms with Gasteiger partial charge in [0, 0.05) is 39.0 Å². The Kier molecular flexibility index (Phi) is 15.6. The first kappa shape index (κ1) is 49.1. The van der Waals surface area contributed by atoms with Crippen LogP contribution in [0.4, 0.5) is 0 Å². The minimum absolute atomic E-state index is 0.0457. The fourth-order valence-corrected chi connectivity index (χ4v) is 11.8. The van der Waals surface area contributed by atoms with E-state index in [-0.39, 0.29) is 81.1 Å². The molecule has 68 heavy (non-hydrogen) atoms. The summed E-state index contributed by atoms with van der Waals surface area (Å²) in [6.45, 7) is 14.6. The lowest BCUT2D eigenvalue weighted by atomic mass is 9.90. The molecular weight excluding hydrogens is 939 g/mol. The van der Waals surface area contributed by atoms with Crippen LogP contribution >= 0.6 is 45.7 Å². The highest BCUT2D eigenvalue weighted by Gasteiger charge is 2.45. The summed E-state index contributed by atoms with van der Waals surface area (Å²) in [5.74, 6) is -2.22. The molecule has 2 aliphatic heterocycles. The molecule has 6 atom stereocenters. The number of nitrogens with one attached hydrogen (secondary N) is 2. The first-order chi connectivity index (χ1) is 32.6. The number of aliphatic hydroxyl groups is 1. The van der Waals surface area contributed by atoms with Gasteiger partial charge in [0.25, 0.3) is 0 Å². The molecule has 6 heterocycles. The number of nitrogens with zero attached hydrogens (tertiary/aromatic N) is 7.